The molecule has 1 aliphatic rings. The number of rotatable bonds is 6. The zero-order chi connectivity index (χ0) is 19.4. The number of hydrogen-bond acceptors (Lipinski definition) is 4. The molecule has 27 heavy (non-hydrogen) atoms. The highest BCUT2D eigenvalue weighted by Crippen LogP contribution is 2.23. The van der Waals surface area contributed by atoms with Crippen LogP contribution >= 0.6 is 11.3 Å². The van der Waals surface area contributed by atoms with Crippen molar-refractivity contribution in [2.45, 2.75) is 44.7 Å². The summed E-state index contributed by atoms with van der Waals surface area (Å²) in [4.78, 5) is 27.6. The molecule has 0 radical (unpaired) electrons. The van der Waals surface area contributed by atoms with Crippen molar-refractivity contribution in [3.05, 3.63) is 57.8 Å². The third-order valence-electron chi connectivity index (χ3n) is 5.08. The van der Waals surface area contributed by atoms with E-state index in [9.17, 15) is 9.59 Å². The average molecular weight is 386 g/mol. The lowest BCUT2D eigenvalue weighted by molar-refractivity contribution is -0.124. The van der Waals surface area contributed by atoms with Gasteiger partial charge in [0.25, 0.3) is 5.91 Å². The van der Waals surface area contributed by atoms with Crippen molar-refractivity contribution in [1.82, 2.24) is 10.2 Å². The van der Waals surface area contributed by atoms with E-state index >= 15 is 0 Å². The summed E-state index contributed by atoms with van der Waals surface area (Å²) in [6.07, 6.45) is 1.54. The second kappa shape index (κ2) is 8.67. The molecule has 144 valence electrons. The summed E-state index contributed by atoms with van der Waals surface area (Å²) in [5, 5.41) is 4.81. The van der Waals surface area contributed by atoms with Crippen LogP contribution in [-0.2, 0) is 4.79 Å². The Morgan fingerprint density at radius 3 is 2.56 bits per heavy atom. The quantitative estimate of drug-likeness (QED) is 0.801. The van der Waals surface area contributed by atoms with E-state index in [0.717, 1.165) is 12.0 Å². The lowest BCUT2D eigenvalue weighted by atomic mass is 9.99. The van der Waals surface area contributed by atoms with Gasteiger partial charge in [0.1, 0.15) is 6.04 Å². The van der Waals surface area contributed by atoms with Gasteiger partial charge in [0, 0.05) is 19.1 Å². The highest BCUT2D eigenvalue weighted by molar-refractivity contribution is 7.12. The number of carbonyl (C=O) groups is 2. The Bertz CT molecular complexity index is 771. The Morgan fingerprint density at radius 2 is 1.93 bits per heavy atom. The molecule has 1 aromatic heterocycles. The Labute approximate surface area is 164 Å². The molecule has 2 unspecified atom stereocenters. The summed E-state index contributed by atoms with van der Waals surface area (Å²) < 4.78 is 0. The molecule has 1 fully saturated rings. The molecule has 0 spiro atoms. The van der Waals surface area contributed by atoms with Gasteiger partial charge in [-0.2, -0.15) is 0 Å². The molecular formula is C21H27N3O2S. The van der Waals surface area contributed by atoms with Crippen molar-refractivity contribution < 1.29 is 9.59 Å². The normalized spacial score (nSPS) is 17.9. The van der Waals surface area contributed by atoms with Gasteiger partial charge in [-0.15, -0.1) is 11.3 Å². The number of nitrogens with two attached hydrogens (primary N) is 1. The number of benzene rings is 1. The first-order valence-corrected chi connectivity index (χ1v) is 10.3. The summed E-state index contributed by atoms with van der Waals surface area (Å²) in [5.41, 5.74) is 8.51. The third kappa shape index (κ3) is 4.57. The van der Waals surface area contributed by atoms with Crippen LogP contribution < -0.4 is 11.1 Å². The molecule has 5 nitrogen and oxygen atoms in total. The van der Waals surface area contributed by atoms with Crippen molar-refractivity contribution in [1.29, 1.82) is 0 Å². The van der Waals surface area contributed by atoms with Crippen LogP contribution in [0.25, 0.3) is 0 Å². The zero-order valence-electron chi connectivity index (χ0n) is 15.9. The van der Waals surface area contributed by atoms with Crippen molar-refractivity contribution in [3.63, 3.8) is 0 Å². The van der Waals surface area contributed by atoms with Gasteiger partial charge in [-0.3, -0.25) is 9.59 Å². The van der Waals surface area contributed by atoms with Gasteiger partial charge in [0.05, 0.1) is 4.88 Å². The van der Waals surface area contributed by atoms with Crippen molar-refractivity contribution in [2.24, 2.45) is 5.73 Å². The molecule has 2 aromatic rings. The van der Waals surface area contributed by atoms with Gasteiger partial charge in [-0.25, -0.2) is 0 Å². The SMILES string of the molecule is CC(C)c1ccc(C(N)CNC(=O)C2CCCN2C(=O)c2cccs2)cc1. The molecular weight excluding hydrogens is 358 g/mol. The van der Waals surface area contributed by atoms with Crippen LogP contribution in [0.15, 0.2) is 41.8 Å². The average Bonchev–Trinajstić information content (AvgIpc) is 3.37. The minimum absolute atomic E-state index is 0.0591. The van der Waals surface area contributed by atoms with Crippen LogP contribution in [0.2, 0.25) is 0 Å². The van der Waals surface area contributed by atoms with E-state index in [1.165, 1.54) is 16.9 Å². The smallest absolute Gasteiger partial charge is 0.264 e. The second-order valence-electron chi connectivity index (χ2n) is 7.31. The molecule has 0 bridgehead atoms. The van der Waals surface area contributed by atoms with E-state index in [2.05, 4.69) is 31.3 Å². The molecule has 0 saturated carbocycles. The van der Waals surface area contributed by atoms with Crippen LogP contribution in [0.1, 0.15) is 59.4 Å². The van der Waals surface area contributed by atoms with E-state index in [1.807, 2.05) is 23.6 Å². The summed E-state index contributed by atoms with van der Waals surface area (Å²) in [7, 11) is 0. The van der Waals surface area contributed by atoms with Gasteiger partial charge in [0.15, 0.2) is 0 Å². The Kier molecular flexibility index (Phi) is 6.29. The van der Waals surface area contributed by atoms with Gasteiger partial charge >= 0.3 is 0 Å². The highest BCUT2D eigenvalue weighted by Gasteiger charge is 2.34. The number of hydrogen-bond donors (Lipinski definition) is 2. The molecule has 2 heterocycles. The molecule has 6 heteroatoms. The minimum atomic E-state index is -0.407. The number of likely N-dealkylation sites (tertiary alicyclic amines) is 1. The number of nitrogens with zero attached hydrogens (tertiary/aromatic N) is 1. The van der Waals surface area contributed by atoms with E-state index in [0.29, 0.717) is 30.3 Å². The maximum Gasteiger partial charge on any atom is 0.264 e. The van der Waals surface area contributed by atoms with E-state index in [4.69, 9.17) is 5.73 Å². The molecule has 0 aliphatic carbocycles. The van der Waals surface area contributed by atoms with Crippen LogP contribution in [0.3, 0.4) is 0 Å². The highest BCUT2D eigenvalue weighted by atomic mass is 32.1. The van der Waals surface area contributed by atoms with E-state index in [-0.39, 0.29) is 17.9 Å². The van der Waals surface area contributed by atoms with Crippen molar-refractivity contribution in [3.8, 4) is 0 Å². The minimum Gasteiger partial charge on any atom is -0.352 e. The van der Waals surface area contributed by atoms with Crippen LogP contribution in [0.5, 0.6) is 0 Å². The fourth-order valence-corrected chi connectivity index (χ4v) is 4.08. The third-order valence-corrected chi connectivity index (χ3v) is 5.93. The first-order chi connectivity index (χ1) is 13.0. The molecule has 1 aliphatic heterocycles. The molecule has 1 saturated heterocycles. The van der Waals surface area contributed by atoms with Gasteiger partial charge in [0.2, 0.25) is 5.91 Å². The molecule has 1 aromatic carbocycles. The first kappa shape index (κ1) is 19.6. The summed E-state index contributed by atoms with van der Waals surface area (Å²) in [5.74, 6) is 0.298. The Balaban J connectivity index is 1.57. The monoisotopic (exact) mass is 385 g/mol. The van der Waals surface area contributed by atoms with Crippen molar-refractivity contribution >= 4 is 23.2 Å². The topological polar surface area (TPSA) is 75.4 Å². The number of amides is 2. The van der Waals surface area contributed by atoms with Gasteiger partial charge in [-0.1, -0.05) is 44.2 Å². The standard InChI is InChI=1S/C21H27N3O2S/c1-14(2)15-7-9-16(10-8-15)17(22)13-23-20(25)18-5-3-11-24(18)21(26)19-6-4-12-27-19/h4,6-10,12,14,17-18H,3,5,11,13,22H2,1-2H3,(H,23,25). The Hall–Kier alpha value is -2.18. The zero-order valence-corrected chi connectivity index (χ0v) is 16.7. The predicted octanol–water partition coefficient (Wildman–Crippen LogP) is 3.29. The van der Waals surface area contributed by atoms with Crippen LogP contribution in [0, 0.1) is 0 Å². The van der Waals surface area contributed by atoms with Crippen LogP contribution in [0.4, 0.5) is 0 Å². The number of thiophene rings is 1. The maximum atomic E-state index is 12.7. The second-order valence-corrected chi connectivity index (χ2v) is 8.25. The first-order valence-electron chi connectivity index (χ1n) is 9.45. The van der Waals surface area contributed by atoms with Crippen molar-refractivity contribution in [2.75, 3.05) is 13.1 Å². The fourth-order valence-electron chi connectivity index (χ4n) is 3.40. The summed E-state index contributed by atoms with van der Waals surface area (Å²) in [6.45, 7) is 5.29. The largest absolute Gasteiger partial charge is 0.352 e. The lowest BCUT2D eigenvalue weighted by Gasteiger charge is -2.24. The maximum absolute atomic E-state index is 12.7. The van der Waals surface area contributed by atoms with Gasteiger partial charge < -0.3 is 16.0 Å². The number of carbonyl (C=O) groups excluding carboxylic acids is 2. The fraction of sp³-hybridized carbons (Fsp3) is 0.429. The summed E-state index contributed by atoms with van der Waals surface area (Å²) >= 11 is 1.41. The van der Waals surface area contributed by atoms with E-state index < -0.39 is 6.04 Å². The summed E-state index contributed by atoms with van der Waals surface area (Å²) in [6, 6.07) is 11.2. The molecule has 2 atom stereocenters. The lowest BCUT2D eigenvalue weighted by Crippen LogP contribution is -2.47. The van der Waals surface area contributed by atoms with Gasteiger partial charge in [-0.05, 0) is 41.3 Å². The van der Waals surface area contributed by atoms with E-state index in [1.54, 1.807) is 11.0 Å². The molecule has 2 amide bonds. The van der Waals surface area contributed by atoms with Crippen LogP contribution in [-0.4, -0.2) is 35.8 Å². The molecule has 3 rings (SSSR count). The predicted molar refractivity (Wildman–Crippen MR) is 109 cm³/mol. The Morgan fingerprint density at radius 1 is 1.22 bits per heavy atom. The number of nitrogens with one attached hydrogen (secondary N) is 1. The molecule has 3 N–H and O–H groups in total.